The van der Waals surface area contributed by atoms with Gasteiger partial charge in [0.05, 0.1) is 5.69 Å². The summed E-state index contributed by atoms with van der Waals surface area (Å²) in [5.41, 5.74) is 1.25. The van der Waals surface area contributed by atoms with Crippen LogP contribution in [0, 0.1) is 6.92 Å². The molecular formula is C23H26ClN5OS2. The van der Waals surface area contributed by atoms with Crippen molar-refractivity contribution < 1.29 is 4.79 Å². The second-order valence-electron chi connectivity index (χ2n) is 9.87. The van der Waals surface area contributed by atoms with E-state index in [4.69, 9.17) is 16.6 Å². The first-order valence-corrected chi connectivity index (χ1v) is 13.3. The van der Waals surface area contributed by atoms with Gasteiger partial charge in [-0.05, 0) is 57.4 Å². The van der Waals surface area contributed by atoms with Crippen molar-refractivity contribution in [3.05, 3.63) is 38.0 Å². The lowest BCUT2D eigenvalue weighted by molar-refractivity contribution is 0.0648. The number of nitrogens with one attached hydrogen (secondary N) is 1. The highest BCUT2D eigenvalue weighted by molar-refractivity contribution is 7.16. The van der Waals surface area contributed by atoms with Crippen LogP contribution < -0.4 is 5.32 Å². The molecule has 1 amide bonds. The van der Waals surface area contributed by atoms with Crippen LogP contribution in [0.25, 0.3) is 10.2 Å². The lowest BCUT2D eigenvalue weighted by atomic mass is 9.88. The fourth-order valence-corrected chi connectivity index (χ4v) is 8.03. The van der Waals surface area contributed by atoms with Gasteiger partial charge in [0, 0.05) is 46.8 Å². The molecule has 5 heterocycles. The van der Waals surface area contributed by atoms with E-state index in [-0.39, 0.29) is 23.4 Å². The molecule has 1 N–H and O–H groups in total. The molecule has 0 spiro atoms. The van der Waals surface area contributed by atoms with Gasteiger partial charge in [0.25, 0.3) is 5.91 Å². The Kier molecular flexibility index (Phi) is 4.88. The van der Waals surface area contributed by atoms with Gasteiger partial charge < -0.3 is 10.2 Å². The summed E-state index contributed by atoms with van der Waals surface area (Å²) >= 11 is 9.68. The zero-order valence-electron chi connectivity index (χ0n) is 18.4. The number of thiophene rings is 1. The van der Waals surface area contributed by atoms with Crippen LogP contribution in [0.4, 0.5) is 0 Å². The zero-order valence-corrected chi connectivity index (χ0v) is 20.8. The number of aromatic nitrogens is 3. The van der Waals surface area contributed by atoms with Gasteiger partial charge in [-0.15, -0.1) is 22.7 Å². The van der Waals surface area contributed by atoms with E-state index in [1.807, 2.05) is 18.9 Å². The van der Waals surface area contributed by atoms with Crippen molar-refractivity contribution in [3.8, 4) is 0 Å². The topological polar surface area (TPSA) is 71.0 Å². The Morgan fingerprint density at radius 1 is 1.28 bits per heavy atom. The number of piperidine rings is 1. The molecule has 3 aromatic rings. The van der Waals surface area contributed by atoms with E-state index >= 15 is 0 Å². The van der Waals surface area contributed by atoms with Gasteiger partial charge in [-0.3, -0.25) is 4.79 Å². The molecule has 2 saturated heterocycles. The van der Waals surface area contributed by atoms with Crippen molar-refractivity contribution in [2.75, 3.05) is 7.05 Å². The summed E-state index contributed by atoms with van der Waals surface area (Å²) in [5.74, 6) is 1.39. The summed E-state index contributed by atoms with van der Waals surface area (Å²) < 4.78 is 0. The minimum absolute atomic E-state index is 0.00615. The number of carbonyl (C=O) groups excluding carboxylic acids is 1. The van der Waals surface area contributed by atoms with Crippen molar-refractivity contribution in [2.45, 2.75) is 75.4 Å². The summed E-state index contributed by atoms with van der Waals surface area (Å²) in [6.07, 6.45) is 5.38. The van der Waals surface area contributed by atoms with E-state index in [2.05, 4.69) is 33.7 Å². The predicted molar refractivity (Wildman–Crippen MR) is 129 cm³/mol. The van der Waals surface area contributed by atoms with Crippen LogP contribution in [0.5, 0.6) is 0 Å². The smallest absolute Gasteiger partial charge is 0.282 e. The minimum Gasteiger partial charge on any atom is -0.337 e. The van der Waals surface area contributed by atoms with E-state index in [9.17, 15) is 4.79 Å². The van der Waals surface area contributed by atoms with Crippen LogP contribution in [0.2, 0.25) is 5.15 Å². The Balaban J connectivity index is 1.22. The van der Waals surface area contributed by atoms with Gasteiger partial charge in [-0.1, -0.05) is 11.6 Å². The van der Waals surface area contributed by atoms with Crippen LogP contribution in [0.1, 0.15) is 77.1 Å². The summed E-state index contributed by atoms with van der Waals surface area (Å²) in [7, 11) is 1.92. The normalized spacial score (nSPS) is 31.2. The zero-order chi connectivity index (χ0) is 22.2. The highest BCUT2D eigenvalue weighted by atomic mass is 35.5. The van der Waals surface area contributed by atoms with Gasteiger partial charge in [-0.2, -0.15) is 0 Å². The highest BCUT2D eigenvalue weighted by Gasteiger charge is 2.46. The van der Waals surface area contributed by atoms with Crippen LogP contribution in [0.15, 0.2) is 11.4 Å². The van der Waals surface area contributed by atoms with Crippen molar-refractivity contribution in [3.63, 3.8) is 0 Å². The quantitative estimate of drug-likeness (QED) is 0.552. The van der Waals surface area contributed by atoms with Crippen molar-refractivity contribution >= 4 is 50.4 Å². The molecule has 2 aliphatic heterocycles. The molecule has 3 fully saturated rings. The number of hydrogen-bond acceptors (Lipinski definition) is 7. The van der Waals surface area contributed by atoms with Gasteiger partial charge >= 0.3 is 0 Å². The number of rotatable bonds is 4. The van der Waals surface area contributed by atoms with Crippen LogP contribution in [-0.4, -0.2) is 50.4 Å². The largest absolute Gasteiger partial charge is 0.337 e. The predicted octanol–water partition coefficient (Wildman–Crippen LogP) is 5.13. The number of aryl methyl sites for hydroxylation is 1. The molecule has 0 unspecified atom stereocenters. The van der Waals surface area contributed by atoms with E-state index in [0.717, 1.165) is 45.9 Å². The molecule has 5 atom stereocenters. The Morgan fingerprint density at radius 3 is 2.94 bits per heavy atom. The maximum Gasteiger partial charge on any atom is 0.282 e. The molecule has 0 aromatic carbocycles. The summed E-state index contributed by atoms with van der Waals surface area (Å²) in [6, 6.07) is 2.87. The maximum atomic E-state index is 13.3. The number of amides is 1. The fraction of sp³-hybridized carbons (Fsp3) is 0.565. The number of thiazole rings is 1. The third kappa shape index (κ3) is 3.47. The average molecular weight is 488 g/mol. The number of fused-ring (bicyclic) bond motifs is 3. The molecule has 2 bridgehead atoms. The number of carbonyl (C=O) groups is 1. The molecule has 32 heavy (non-hydrogen) atoms. The molecule has 1 aliphatic carbocycles. The number of hydrogen-bond donors (Lipinski definition) is 1. The molecule has 3 aromatic heterocycles. The van der Waals surface area contributed by atoms with Gasteiger partial charge in [0.2, 0.25) is 0 Å². The SMILES string of the molecule is Cc1nc([C@@H]2C[C@H]2c2sc(C(=O)N(C)[C@H]3C[C@@H]4CC[C@](C)(C3)N4)nc2Cl)c2ccsc2n1. The summed E-state index contributed by atoms with van der Waals surface area (Å²) in [5, 5.41) is 7.91. The molecular weight excluding hydrogens is 462 g/mol. The Morgan fingerprint density at radius 2 is 2.12 bits per heavy atom. The van der Waals surface area contributed by atoms with E-state index in [1.54, 1.807) is 11.3 Å². The molecule has 6 nitrogen and oxygen atoms in total. The first-order valence-electron chi connectivity index (χ1n) is 11.2. The number of halogens is 1. The Labute approximate surface area is 200 Å². The molecule has 6 rings (SSSR count). The first-order chi connectivity index (χ1) is 15.3. The monoisotopic (exact) mass is 487 g/mol. The van der Waals surface area contributed by atoms with Gasteiger partial charge in [-0.25, -0.2) is 15.0 Å². The second kappa shape index (κ2) is 7.45. The van der Waals surface area contributed by atoms with Gasteiger partial charge in [0.1, 0.15) is 15.8 Å². The van der Waals surface area contributed by atoms with Gasteiger partial charge in [0.15, 0.2) is 5.01 Å². The first kappa shape index (κ1) is 21.0. The minimum atomic E-state index is -0.00615. The third-order valence-electron chi connectivity index (χ3n) is 7.45. The number of nitrogens with zero attached hydrogens (tertiary/aromatic N) is 4. The van der Waals surface area contributed by atoms with Crippen LogP contribution in [0.3, 0.4) is 0 Å². The molecule has 168 valence electrons. The van der Waals surface area contributed by atoms with E-state index < -0.39 is 0 Å². The van der Waals surface area contributed by atoms with Crippen LogP contribution in [-0.2, 0) is 0 Å². The lowest BCUT2D eigenvalue weighted by Crippen LogP contribution is -2.54. The Hall–Kier alpha value is -1.61. The lowest BCUT2D eigenvalue weighted by Gasteiger charge is -2.40. The summed E-state index contributed by atoms with van der Waals surface area (Å²) in [6.45, 7) is 4.22. The van der Waals surface area contributed by atoms with Crippen molar-refractivity contribution in [2.24, 2.45) is 0 Å². The Bertz CT molecular complexity index is 1220. The standard InChI is InChI=1S/C23H26ClN5OS2/c1-11-25-17(14-5-7-31-20(14)26-11)15-9-16(15)18-19(24)27-21(32-18)22(30)29(3)13-8-12-4-6-23(2,10-13)28-12/h5,7,12-13,15-16,28H,4,6,8-10H2,1-3H3/t12-,13-,15+,16+,23+/m0/s1. The fourth-order valence-electron chi connectivity index (χ4n) is 5.70. The summed E-state index contributed by atoms with van der Waals surface area (Å²) in [4.78, 5) is 31.1. The van der Waals surface area contributed by atoms with E-state index in [0.29, 0.717) is 22.1 Å². The maximum absolute atomic E-state index is 13.3. The average Bonchev–Trinajstić information content (AvgIpc) is 3.07. The van der Waals surface area contributed by atoms with Crippen molar-refractivity contribution in [1.29, 1.82) is 0 Å². The molecule has 0 radical (unpaired) electrons. The molecule has 3 aliphatic rings. The van der Waals surface area contributed by atoms with Crippen LogP contribution >= 0.6 is 34.3 Å². The molecule has 9 heteroatoms. The van der Waals surface area contributed by atoms with E-state index in [1.165, 1.54) is 24.2 Å². The third-order valence-corrected chi connectivity index (χ3v) is 9.83. The van der Waals surface area contributed by atoms with Crippen molar-refractivity contribution in [1.82, 2.24) is 25.2 Å². The second-order valence-corrected chi connectivity index (χ2v) is 12.2. The highest BCUT2D eigenvalue weighted by Crippen LogP contribution is 2.58. The molecule has 1 saturated carbocycles.